The summed E-state index contributed by atoms with van der Waals surface area (Å²) in [5.74, 6) is -1.50. The van der Waals surface area contributed by atoms with Crippen molar-refractivity contribution in [3.05, 3.63) is 83.9 Å². The van der Waals surface area contributed by atoms with Crippen LogP contribution >= 0.6 is 0 Å². The van der Waals surface area contributed by atoms with Gasteiger partial charge in [0.05, 0.1) is 12.1 Å². The molecule has 0 aliphatic carbocycles. The summed E-state index contributed by atoms with van der Waals surface area (Å²) in [5.41, 5.74) is 1.20. The molecule has 4 atom stereocenters. The maximum atomic E-state index is 13.6. The lowest BCUT2D eigenvalue weighted by Gasteiger charge is -2.32. The molecule has 0 N–H and O–H groups in total. The lowest BCUT2D eigenvalue weighted by molar-refractivity contribution is -0.147. The first-order valence-electron chi connectivity index (χ1n) is 17.5. The van der Waals surface area contributed by atoms with Crippen molar-refractivity contribution in [2.75, 3.05) is 52.4 Å². The van der Waals surface area contributed by atoms with Crippen LogP contribution in [0.1, 0.15) is 74.1 Å². The Morgan fingerprint density at radius 3 is 1.33 bits per heavy atom. The van der Waals surface area contributed by atoms with E-state index in [2.05, 4.69) is 23.6 Å². The van der Waals surface area contributed by atoms with Gasteiger partial charge in [0.25, 0.3) is 11.8 Å². The fourth-order valence-corrected chi connectivity index (χ4v) is 6.51. The summed E-state index contributed by atoms with van der Waals surface area (Å²) in [4.78, 5) is 61.4. The largest absolute Gasteiger partial charge is 0.456 e. The van der Waals surface area contributed by atoms with Gasteiger partial charge >= 0.3 is 11.9 Å². The third-order valence-corrected chi connectivity index (χ3v) is 9.28. The van der Waals surface area contributed by atoms with Gasteiger partial charge in [-0.15, -0.1) is 0 Å². The predicted molar refractivity (Wildman–Crippen MR) is 185 cm³/mol. The fraction of sp³-hybridized carbons (Fsp3) is 0.526. The first kappa shape index (κ1) is 36.8. The lowest BCUT2D eigenvalue weighted by Crippen LogP contribution is -2.48. The summed E-state index contributed by atoms with van der Waals surface area (Å²) in [6.45, 7) is 13.0. The number of likely N-dealkylation sites (N-methyl/N-ethyl adjacent to an activating group) is 2. The van der Waals surface area contributed by atoms with Crippen molar-refractivity contribution in [2.45, 2.75) is 77.7 Å². The number of hydrogen-bond acceptors (Lipinski definition) is 8. The van der Waals surface area contributed by atoms with Crippen molar-refractivity contribution >= 4 is 23.8 Å². The number of amides is 2. The van der Waals surface area contributed by atoms with Crippen molar-refractivity contribution in [3.63, 3.8) is 0 Å². The van der Waals surface area contributed by atoms with Gasteiger partial charge in [0.15, 0.2) is 0 Å². The summed E-state index contributed by atoms with van der Waals surface area (Å²) in [6.07, 6.45) is 4.63. The number of unbranched alkanes of at least 4 members (excludes halogenated alkanes) is 2. The van der Waals surface area contributed by atoms with Gasteiger partial charge in [0, 0.05) is 62.5 Å². The van der Waals surface area contributed by atoms with E-state index < -0.39 is 24.1 Å². The van der Waals surface area contributed by atoms with E-state index in [-0.39, 0.29) is 23.9 Å². The smallest absolute Gasteiger partial charge is 0.331 e. The summed E-state index contributed by atoms with van der Waals surface area (Å²) in [7, 11) is 0. The fourth-order valence-electron chi connectivity index (χ4n) is 6.51. The predicted octanol–water partition coefficient (Wildman–Crippen LogP) is 4.66. The summed E-state index contributed by atoms with van der Waals surface area (Å²) in [6, 6.07) is 17.7. The van der Waals surface area contributed by atoms with E-state index in [1.807, 2.05) is 60.0 Å². The Hall–Kier alpha value is -4.02. The molecule has 2 aromatic rings. The Balaban J connectivity index is 1.44. The SMILES string of the molecule is CCCCN(C(=O)c1ccccc1)C1CN(CC)CC1OC(=O)/C=C/C(=O)OC1CN(CC)CC1N(CCCC)C(=O)c1ccccc1. The minimum atomic E-state index is -0.663. The zero-order chi connectivity index (χ0) is 34.5. The first-order chi connectivity index (χ1) is 23.3. The van der Waals surface area contributed by atoms with Gasteiger partial charge in [-0.25, -0.2) is 9.59 Å². The highest BCUT2D eigenvalue weighted by atomic mass is 16.6. The van der Waals surface area contributed by atoms with E-state index in [1.165, 1.54) is 0 Å². The van der Waals surface area contributed by atoms with Crippen LogP contribution in [0.3, 0.4) is 0 Å². The van der Waals surface area contributed by atoms with Crippen molar-refractivity contribution in [3.8, 4) is 0 Å². The second-order valence-corrected chi connectivity index (χ2v) is 12.6. The van der Waals surface area contributed by atoms with Crippen LogP contribution in [-0.2, 0) is 19.1 Å². The molecule has 48 heavy (non-hydrogen) atoms. The molecule has 10 heteroatoms. The molecule has 0 radical (unpaired) electrons. The van der Waals surface area contributed by atoms with Gasteiger partial charge in [-0.1, -0.05) is 76.9 Å². The molecular weight excluding hydrogens is 608 g/mol. The number of benzene rings is 2. The third kappa shape index (κ3) is 9.76. The Morgan fingerprint density at radius 2 is 1.00 bits per heavy atom. The van der Waals surface area contributed by atoms with Gasteiger partial charge in [-0.05, 0) is 50.2 Å². The topological polar surface area (TPSA) is 99.7 Å². The monoisotopic (exact) mass is 660 g/mol. The standard InChI is InChI=1S/C38H52N4O6/c1-5-9-23-41(37(45)29-17-13-11-14-18-29)31-25-39(7-3)27-33(31)47-35(43)21-22-36(44)48-34-28-40(8-4)26-32(34)42(24-10-6-2)38(46)30-19-15-12-16-20-30/h11-22,31-34H,5-10,23-28H2,1-4H3/b22-21+. The number of hydrogen-bond donors (Lipinski definition) is 0. The Labute approximate surface area is 285 Å². The molecule has 0 saturated carbocycles. The molecule has 2 aromatic carbocycles. The molecule has 260 valence electrons. The minimum Gasteiger partial charge on any atom is -0.456 e. The van der Waals surface area contributed by atoms with E-state index in [4.69, 9.17) is 9.47 Å². The average molecular weight is 661 g/mol. The van der Waals surface area contributed by atoms with Crippen LogP contribution in [-0.4, -0.2) is 120 Å². The summed E-state index contributed by atoms with van der Waals surface area (Å²) in [5, 5.41) is 0. The van der Waals surface area contributed by atoms with Crippen LogP contribution < -0.4 is 0 Å². The number of carbonyl (C=O) groups is 4. The van der Waals surface area contributed by atoms with Crippen LogP contribution in [0.4, 0.5) is 0 Å². The maximum Gasteiger partial charge on any atom is 0.331 e. The van der Waals surface area contributed by atoms with E-state index >= 15 is 0 Å². The van der Waals surface area contributed by atoms with Crippen LogP contribution in [0.25, 0.3) is 0 Å². The van der Waals surface area contributed by atoms with E-state index in [0.29, 0.717) is 50.4 Å². The molecule has 2 heterocycles. The molecule has 2 amide bonds. The number of rotatable bonds is 16. The van der Waals surface area contributed by atoms with Gasteiger partial charge < -0.3 is 19.3 Å². The molecule has 4 rings (SSSR count). The van der Waals surface area contributed by atoms with E-state index in [1.54, 1.807) is 24.3 Å². The molecule has 2 saturated heterocycles. The van der Waals surface area contributed by atoms with Crippen molar-refractivity contribution in [2.24, 2.45) is 0 Å². The zero-order valence-electron chi connectivity index (χ0n) is 29.0. The molecule has 0 spiro atoms. The van der Waals surface area contributed by atoms with Gasteiger partial charge in [-0.3, -0.25) is 19.4 Å². The summed E-state index contributed by atoms with van der Waals surface area (Å²) >= 11 is 0. The van der Waals surface area contributed by atoms with E-state index in [9.17, 15) is 19.2 Å². The van der Waals surface area contributed by atoms with Crippen molar-refractivity contribution < 1.29 is 28.7 Å². The Kier molecular flexibility index (Phi) is 14.2. The van der Waals surface area contributed by atoms with Crippen molar-refractivity contribution in [1.82, 2.24) is 19.6 Å². The van der Waals surface area contributed by atoms with Crippen LogP contribution in [0.5, 0.6) is 0 Å². The highest BCUT2D eigenvalue weighted by Gasteiger charge is 2.42. The summed E-state index contributed by atoms with van der Waals surface area (Å²) < 4.78 is 11.8. The van der Waals surface area contributed by atoms with Crippen LogP contribution in [0.15, 0.2) is 72.8 Å². The molecule has 2 aliphatic rings. The molecule has 0 aromatic heterocycles. The molecule has 2 aliphatic heterocycles. The second kappa shape index (κ2) is 18.5. The normalized spacial score (nSPS) is 21.3. The van der Waals surface area contributed by atoms with Crippen molar-refractivity contribution in [1.29, 1.82) is 0 Å². The molecule has 4 unspecified atom stereocenters. The maximum absolute atomic E-state index is 13.6. The zero-order valence-corrected chi connectivity index (χ0v) is 29.0. The Bertz CT molecular complexity index is 1270. The van der Waals surface area contributed by atoms with E-state index in [0.717, 1.165) is 50.9 Å². The Morgan fingerprint density at radius 1 is 0.625 bits per heavy atom. The minimum absolute atomic E-state index is 0.0851. The molecular formula is C38H52N4O6. The van der Waals surface area contributed by atoms with Crippen LogP contribution in [0.2, 0.25) is 0 Å². The quantitative estimate of drug-likeness (QED) is 0.190. The second-order valence-electron chi connectivity index (χ2n) is 12.6. The number of carbonyl (C=O) groups excluding carboxylic acids is 4. The third-order valence-electron chi connectivity index (χ3n) is 9.28. The lowest BCUT2D eigenvalue weighted by atomic mass is 10.1. The molecule has 0 bridgehead atoms. The van der Waals surface area contributed by atoms with Gasteiger partial charge in [0.1, 0.15) is 12.2 Å². The van der Waals surface area contributed by atoms with Crippen LogP contribution in [0, 0.1) is 0 Å². The number of ether oxygens (including phenoxy) is 2. The number of esters is 2. The van der Waals surface area contributed by atoms with Gasteiger partial charge in [-0.2, -0.15) is 0 Å². The number of likely N-dealkylation sites (tertiary alicyclic amines) is 2. The first-order valence-corrected chi connectivity index (χ1v) is 17.5. The average Bonchev–Trinajstić information content (AvgIpc) is 3.71. The van der Waals surface area contributed by atoms with Gasteiger partial charge in [0.2, 0.25) is 0 Å². The molecule has 10 nitrogen and oxygen atoms in total. The highest BCUT2D eigenvalue weighted by Crippen LogP contribution is 2.24. The highest BCUT2D eigenvalue weighted by molar-refractivity contribution is 5.95. The number of nitrogens with zero attached hydrogens (tertiary/aromatic N) is 4. The molecule has 2 fully saturated rings.